The van der Waals surface area contributed by atoms with E-state index in [2.05, 4.69) is 338 Å². The third-order valence-corrected chi connectivity index (χ3v) is 23.7. The van der Waals surface area contributed by atoms with Crippen molar-refractivity contribution >= 4 is 125 Å². The molecule has 0 saturated heterocycles. The molecule has 0 amide bonds. The third kappa shape index (κ3) is 8.66. The number of rotatable bonds is 8. The van der Waals surface area contributed by atoms with Gasteiger partial charge in [-0.25, -0.2) is 0 Å². The number of hydrogen-bond donors (Lipinski definition) is 0. The molecule has 3 heteroatoms. The lowest BCUT2D eigenvalue weighted by Crippen LogP contribution is -2.74. The highest BCUT2D eigenvalue weighted by atomic mass is 32.1. The smallest absolute Gasteiger partial charge is 0.181 e. The van der Waals surface area contributed by atoms with Crippen LogP contribution in [0.2, 0.25) is 0 Å². The maximum atomic E-state index is 2.48. The summed E-state index contributed by atoms with van der Waals surface area (Å²) < 4.78 is 5.17. The number of aromatic nitrogens is 1. The molecule has 0 N–H and O–H groups in total. The Balaban J connectivity index is 0.000000139. The summed E-state index contributed by atoms with van der Waals surface area (Å²) in [7, 11) is -2.81. The lowest BCUT2D eigenvalue weighted by atomic mass is 9.91. The molecule has 1 nitrogen and oxygen atoms in total. The van der Waals surface area contributed by atoms with Gasteiger partial charge in [0.15, 0.2) is 8.07 Å². The highest BCUT2D eigenvalue weighted by Crippen LogP contribution is 2.39. The summed E-state index contributed by atoms with van der Waals surface area (Å²) in [6, 6.07) is 123. The second-order valence-corrected chi connectivity index (χ2v) is 27.1. The Morgan fingerprint density at radius 1 is 0.247 bits per heavy atom. The van der Waals surface area contributed by atoms with E-state index < -0.39 is 8.07 Å². The standard InChI is InChI=1S/C42H29NSSi.C40H26/c1-3-16-31(17-4-1)45(32-18-5-2-6-19-32,41-28-14-24-37-36-23-9-12-27-40(36)44-42(37)41)33-20-13-15-30(29-33)43-38-25-10-7-21-34(38)35-22-8-11-26-39(35)43;1-2-9-28-22-31(17-16-27(28)8-1)33-21-20-32-23-30(18-19-34(32)24-33)29-11-7-12-35(25-29)40-26-36-10-3-4-13-37(36)38-14-5-6-15-39(38)40/h1-29H;1-26H. The van der Waals surface area contributed by atoms with Gasteiger partial charge >= 0.3 is 0 Å². The molecule has 17 rings (SSSR count). The van der Waals surface area contributed by atoms with Gasteiger partial charge in [0.1, 0.15) is 0 Å². The van der Waals surface area contributed by atoms with Crippen LogP contribution in [-0.4, -0.2) is 12.6 Å². The first-order valence-electron chi connectivity index (χ1n) is 29.3. The number of fused-ring (bicyclic) bond motifs is 11. The minimum absolute atomic E-state index is 1.19. The lowest BCUT2D eigenvalue weighted by molar-refractivity contribution is 1.18. The van der Waals surface area contributed by atoms with Gasteiger partial charge in [0.05, 0.1) is 11.0 Å². The van der Waals surface area contributed by atoms with Crippen LogP contribution in [0, 0.1) is 0 Å². The number of hydrogen-bond acceptors (Lipinski definition) is 1. The monoisotopic (exact) mass is 1110 g/mol. The van der Waals surface area contributed by atoms with Crippen LogP contribution in [-0.2, 0) is 0 Å². The lowest BCUT2D eigenvalue weighted by Gasteiger charge is -2.35. The molecule has 0 fully saturated rings. The Hall–Kier alpha value is -10.4. The molecule has 0 aliphatic rings. The molecule has 398 valence electrons. The third-order valence-electron chi connectivity index (χ3n) is 17.5. The summed E-state index contributed by atoms with van der Waals surface area (Å²) in [5.41, 5.74) is 11.1. The van der Waals surface area contributed by atoms with Crippen LogP contribution in [0.15, 0.2) is 334 Å². The summed E-state index contributed by atoms with van der Waals surface area (Å²) >= 11 is 1.93. The van der Waals surface area contributed by atoms with E-state index in [9.17, 15) is 0 Å². The molecule has 0 bridgehead atoms. The number of nitrogens with zero attached hydrogens (tertiary/aromatic N) is 1. The zero-order chi connectivity index (χ0) is 56.3. The highest BCUT2D eigenvalue weighted by Gasteiger charge is 2.43. The normalized spacial score (nSPS) is 11.8. The van der Waals surface area contributed by atoms with Gasteiger partial charge in [-0.2, -0.15) is 0 Å². The molecule has 0 aliphatic heterocycles. The van der Waals surface area contributed by atoms with Gasteiger partial charge in [-0.15, -0.1) is 11.3 Å². The van der Waals surface area contributed by atoms with Gasteiger partial charge in [0, 0.05) is 36.6 Å². The maximum Gasteiger partial charge on any atom is 0.181 e. The molecule has 85 heavy (non-hydrogen) atoms. The first kappa shape index (κ1) is 50.3. The Morgan fingerprint density at radius 2 is 0.706 bits per heavy atom. The van der Waals surface area contributed by atoms with Gasteiger partial charge in [-0.05, 0) is 158 Å². The molecule has 0 radical (unpaired) electrons. The molecule has 0 unspecified atom stereocenters. The molecule has 0 atom stereocenters. The van der Waals surface area contributed by atoms with E-state index in [-0.39, 0.29) is 0 Å². The minimum Gasteiger partial charge on any atom is -0.309 e. The van der Waals surface area contributed by atoms with Crippen molar-refractivity contribution in [2.75, 3.05) is 0 Å². The fraction of sp³-hybridized carbons (Fsp3) is 0. The quantitative estimate of drug-likeness (QED) is 0.0812. The van der Waals surface area contributed by atoms with Crippen molar-refractivity contribution in [3.05, 3.63) is 334 Å². The second-order valence-electron chi connectivity index (χ2n) is 22.3. The molecule has 17 aromatic rings. The van der Waals surface area contributed by atoms with Gasteiger partial charge in [0.2, 0.25) is 0 Å². The van der Waals surface area contributed by atoms with E-state index in [0.29, 0.717) is 0 Å². The molecule has 15 aromatic carbocycles. The number of para-hydroxylation sites is 2. The summed E-state index contributed by atoms with van der Waals surface area (Å²) in [5, 5.41) is 21.1. The van der Waals surface area contributed by atoms with Crippen molar-refractivity contribution in [2.45, 2.75) is 0 Å². The van der Waals surface area contributed by atoms with Crippen LogP contribution in [0.4, 0.5) is 0 Å². The molecule has 2 heterocycles. The largest absolute Gasteiger partial charge is 0.309 e. The first-order chi connectivity index (χ1) is 42.1. The zero-order valence-electron chi connectivity index (χ0n) is 46.6. The number of benzene rings is 15. The van der Waals surface area contributed by atoms with Crippen LogP contribution in [0.5, 0.6) is 0 Å². The highest BCUT2D eigenvalue weighted by molar-refractivity contribution is 7.30. The average molecular weight is 1110 g/mol. The Morgan fingerprint density at radius 3 is 1.38 bits per heavy atom. The van der Waals surface area contributed by atoms with Gasteiger partial charge in [-0.3, -0.25) is 0 Å². The molecule has 0 spiro atoms. The van der Waals surface area contributed by atoms with Crippen molar-refractivity contribution in [1.29, 1.82) is 0 Å². The first-order valence-corrected chi connectivity index (χ1v) is 32.1. The van der Waals surface area contributed by atoms with Gasteiger partial charge in [-0.1, -0.05) is 273 Å². The summed E-state index contributed by atoms with van der Waals surface area (Å²) in [5.74, 6) is 0. The van der Waals surface area contributed by atoms with E-state index in [1.54, 1.807) is 0 Å². The Labute approximate surface area is 499 Å². The fourth-order valence-corrected chi connectivity index (χ4v) is 20.2. The van der Waals surface area contributed by atoms with Crippen molar-refractivity contribution in [1.82, 2.24) is 4.57 Å². The topological polar surface area (TPSA) is 4.93 Å². The van der Waals surface area contributed by atoms with E-state index in [4.69, 9.17) is 0 Å². The van der Waals surface area contributed by atoms with Crippen LogP contribution >= 0.6 is 11.3 Å². The second kappa shape index (κ2) is 21.1. The predicted octanol–water partition coefficient (Wildman–Crippen LogP) is 19.8. The SMILES string of the molecule is c1cc(-c2ccc3cc(-c4ccc5ccccc5c4)ccc3c2)cc(-c2cc3ccccc3c3ccccc23)c1.c1ccc([Si](c2ccccc2)(c2cccc(-n3c4ccccc4c4ccccc43)c2)c2cccc3c2sc2ccccc23)cc1. The molecule has 0 saturated carbocycles. The summed E-state index contributed by atoms with van der Waals surface area (Å²) in [4.78, 5) is 0. The van der Waals surface area contributed by atoms with E-state index >= 15 is 0 Å². The Bertz CT molecular complexity index is 5290. The van der Waals surface area contributed by atoms with Crippen molar-refractivity contribution in [3.8, 4) is 39.1 Å². The molecule has 2 aromatic heterocycles. The molecule has 0 aliphatic carbocycles. The van der Waals surface area contributed by atoms with Gasteiger partial charge in [0.25, 0.3) is 0 Å². The van der Waals surface area contributed by atoms with Crippen LogP contribution < -0.4 is 20.7 Å². The molecular weight excluding hydrogens is 1060 g/mol. The van der Waals surface area contributed by atoms with Crippen molar-refractivity contribution in [3.63, 3.8) is 0 Å². The zero-order valence-corrected chi connectivity index (χ0v) is 48.4. The maximum absolute atomic E-state index is 2.81. The molecular formula is C82H55NSSi. The number of thiophene rings is 1. The van der Waals surface area contributed by atoms with Crippen molar-refractivity contribution < 1.29 is 0 Å². The Kier molecular flexibility index (Phi) is 12.5. The fourth-order valence-electron chi connectivity index (χ4n) is 13.6. The van der Waals surface area contributed by atoms with E-state index in [1.807, 2.05) is 11.3 Å². The van der Waals surface area contributed by atoms with Crippen LogP contribution in [0.1, 0.15) is 0 Å². The summed E-state index contributed by atoms with van der Waals surface area (Å²) in [6.45, 7) is 0. The summed E-state index contributed by atoms with van der Waals surface area (Å²) in [6.07, 6.45) is 0. The van der Waals surface area contributed by atoms with Crippen LogP contribution in [0.25, 0.3) is 124 Å². The van der Waals surface area contributed by atoms with E-state index in [0.717, 1.165) is 0 Å². The van der Waals surface area contributed by atoms with E-state index in [1.165, 1.54) is 145 Å². The minimum atomic E-state index is -2.81. The van der Waals surface area contributed by atoms with Gasteiger partial charge < -0.3 is 4.57 Å². The van der Waals surface area contributed by atoms with Crippen molar-refractivity contribution in [2.24, 2.45) is 0 Å². The predicted molar refractivity (Wildman–Crippen MR) is 370 cm³/mol. The van der Waals surface area contributed by atoms with Crippen LogP contribution in [0.3, 0.4) is 0 Å². The average Bonchev–Trinajstić information content (AvgIpc) is 3.70.